The Morgan fingerprint density at radius 3 is 2.27 bits per heavy atom. The van der Waals surface area contributed by atoms with Crippen molar-refractivity contribution >= 4 is 7.80 Å². The average molecular weight is 179 g/mol. The quantitative estimate of drug-likeness (QED) is 0.614. The lowest BCUT2D eigenvalue weighted by Crippen LogP contribution is -2.15. The van der Waals surface area contributed by atoms with Gasteiger partial charge in [0.2, 0.25) is 0 Å². The lowest BCUT2D eigenvalue weighted by Gasteiger charge is -1.98. The molecule has 11 heavy (non-hydrogen) atoms. The molecule has 0 saturated heterocycles. The summed E-state index contributed by atoms with van der Waals surface area (Å²) < 4.78 is 11.1. The third-order valence-corrected chi connectivity index (χ3v) is 3.16. The van der Waals surface area contributed by atoms with Crippen LogP contribution in [0.3, 0.4) is 0 Å². The fourth-order valence-corrected chi connectivity index (χ4v) is 2.32. The van der Waals surface area contributed by atoms with Crippen molar-refractivity contribution in [2.45, 2.75) is 20.0 Å². The minimum atomic E-state index is -1.33. The molecule has 0 saturated carbocycles. The van der Waals surface area contributed by atoms with Gasteiger partial charge >= 0.3 is 7.80 Å². The van der Waals surface area contributed by atoms with E-state index < -0.39 is 13.9 Å². The predicted molar refractivity (Wildman–Crippen MR) is 45.3 cm³/mol. The summed E-state index contributed by atoms with van der Waals surface area (Å²) in [6.45, 7) is 3.68. The van der Waals surface area contributed by atoms with E-state index in [1.54, 1.807) is 0 Å². The van der Waals surface area contributed by atoms with E-state index in [2.05, 4.69) is 0 Å². The zero-order valence-electron chi connectivity index (χ0n) is 7.03. The highest BCUT2D eigenvalue weighted by Crippen LogP contribution is 2.24. The van der Waals surface area contributed by atoms with Crippen molar-refractivity contribution in [2.24, 2.45) is 5.92 Å². The lowest BCUT2D eigenvalue weighted by molar-refractivity contribution is 0.112. The fraction of sp³-hybridized carbons (Fsp3) is 1.00. The number of aliphatic hydroxyl groups excluding tert-OH is 2. The van der Waals surface area contributed by atoms with Crippen LogP contribution in [0.1, 0.15) is 13.8 Å². The van der Waals surface area contributed by atoms with Crippen molar-refractivity contribution in [3.05, 3.63) is 0 Å². The molecule has 0 aliphatic rings. The largest absolute Gasteiger partial charge is 0.394 e. The summed E-state index contributed by atoms with van der Waals surface area (Å²) in [6.07, 6.45) is 0.0495. The van der Waals surface area contributed by atoms with E-state index >= 15 is 0 Å². The van der Waals surface area contributed by atoms with Crippen LogP contribution in [-0.4, -0.2) is 35.2 Å². The summed E-state index contributed by atoms with van der Waals surface area (Å²) in [5, 5.41) is 17.3. The van der Waals surface area contributed by atoms with Gasteiger partial charge in [-0.3, -0.25) is 0 Å². The van der Waals surface area contributed by atoms with E-state index in [1.807, 2.05) is 13.8 Å². The first kappa shape index (κ1) is 11.0. The van der Waals surface area contributed by atoms with Gasteiger partial charge in [0, 0.05) is 0 Å². The minimum absolute atomic E-state index is 0.226. The molecular formula is C7H16O3P+. The van der Waals surface area contributed by atoms with E-state index in [9.17, 15) is 4.57 Å². The Morgan fingerprint density at radius 2 is 1.91 bits per heavy atom. The maximum Gasteiger partial charge on any atom is 0.341 e. The van der Waals surface area contributed by atoms with Crippen LogP contribution in [-0.2, 0) is 4.57 Å². The summed E-state index contributed by atoms with van der Waals surface area (Å²) in [5.41, 5.74) is 0. The Hall–Kier alpha value is 0.0200. The number of hydrogen-bond donors (Lipinski definition) is 2. The average Bonchev–Trinajstić information content (AvgIpc) is 1.85. The summed E-state index contributed by atoms with van der Waals surface area (Å²) in [6, 6.07) is 0. The maximum atomic E-state index is 11.1. The Morgan fingerprint density at radius 1 is 1.36 bits per heavy atom. The maximum absolute atomic E-state index is 11.1. The standard InChI is InChI=1S/C7H16O3P/c1-6(2)4-11(10)5-7(9)3-8/h6-9H,3-5H2,1-2H3/q+1. The third kappa shape index (κ3) is 6.42. The van der Waals surface area contributed by atoms with Gasteiger partial charge in [-0.1, -0.05) is 18.4 Å². The summed E-state index contributed by atoms with van der Waals surface area (Å²) in [7, 11) is -1.33. The second-order valence-electron chi connectivity index (χ2n) is 3.08. The van der Waals surface area contributed by atoms with Gasteiger partial charge in [-0.05, 0) is 5.92 Å². The molecule has 0 aromatic carbocycles. The Balaban J connectivity index is 3.52. The van der Waals surface area contributed by atoms with Gasteiger partial charge < -0.3 is 10.2 Å². The smallest absolute Gasteiger partial charge is 0.341 e. The van der Waals surface area contributed by atoms with Gasteiger partial charge in [-0.2, -0.15) is 0 Å². The first-order valence-corrected chi connectivity index (χ1v) is 5.40. The molecule has 0 aliphatic carbocycles. The number of hydrogen-bond acceptors (Lipinski definition) is 3. The molecule has 0 fully saturated rings. The molecule has 0 amide bonds. The first-order chi connectivity index (χ1) is 5.06. The van der Waals surface area contributed by atoms with E-state index in [4.69, 9.17) is 10.2 Å². The van der Waals surface area contributed by atoms with Crippen molar-refractivity contribution in [3.8, 4) is 0 Å². The van der Waals surface area contributed by atoms with Crippen LogP contribution in [0.2, 0.25) is 0 Å². The van der Waals surface area contributed by atoms with Crippen LogP contribution < -0.4 is 0 Å². The van der Waals surface area contributed by atoms with Gasteiger partial charge in [-0.25, -0.2) is 0 Å². The molecule has 0 heterocycles. The van der Waals surface area contributed by atoms with Crippen LogP contribution in [0.15, 0.2) is 0 Å². The van der Waals surface area contributed by atoms with E-state index in [0.717, 1.165) is 0 Å². The molecule has 0 aromatic heterocycles. The van der Waals surface area contributed by atoms with Gasteiger partial charge in [-0.15, -0.1) is 0 Å². The number of rotatable bonds is 5. The normalized spacial score (nSPS) is 15.2. The van der Waals surface area contributed by atoms with Crippen molar-refractivity contribution < 1.29 is 14.8 Å². The van der Waals surface area contributed by atoms with Crippen molar-refractivity contribution in [3.63, 3.8) is 0 Å². The Labute approximate surface area is 68.2 Å². The molecule has 0 rings (SSSR count). The van der Waals surface area contributed by atoms with Gasteiger partial charge in [0.15, 0.2) is 6.16 Å². The summed E-state index contributed by atoms with van der Waals surface area (Å²) >= 11 is 0. The molecular weight excluding hydrogens is 163 g/mol. The Bertz CT molecular complexity index is 125. The third-order valence-electron chi connectivity index (χ3n) is 1.19. The molecule has 3 nitrogen and oxygen atoms in total. The van der Waals surface area contributed by atoms with Crippen LogP contribution in [0, 0.1) is 5.92 Å². The molecule has 2 unspecified atom stereocenters. The molecule has 2 N–H and O–H groups in total. The molecule has 0 aromatic rings. The molecule has 0 radical (unpaired) electrons. The zero-order chi connectivity index (χ0) is 8.85. The molecule has 66 valence electrons. The summed E-state index contributed by atoms with van der Waals surface area (Å²) in [4.78, 5) is 0. The van der Waals surface area contributed by atoms with Crippen molar-refractivity contribution in [1.82, 2.24) is 0 Å². The van der Waals surface area contributed by atoms with E-state index in [0.29, 0.717) is 12.1 Å². The second kappa shape index (κ2) is 5.64. The fourth-order valence-electron chi connectivity index (χ4n) is 0.775. The highest BCUT2D eigenvalue weighted by molar-refractivity contribution is 7.44. The molecule has 0 bridgehead atoms. The monoisotopic (exact) mass is 179 g/mol. The SMILES string of the molecule is CC(C)C[P+](=O)CC(O)CO. The van der Waals surface area contributed by atoms with Gasteiger partial charge in [0.25, 0.3) is 0 Å². The van der Waals surface area contributed by atoms with E-state index in [-0.39, 0.29) is 12.8 Å². The van der Waals surface area contributed by atoms with Crippen LogP contribution in [0.25, 0.3) is 0 Å². The molecule has 0 spiro atoms. The molecule has 2 atom stereocenters. The van der Waals surface area contributed by atoms with Crippen LogP contribution in [0.4, 0.5) is 0 Å². The van der Waals surface area contributed by atoms with E-state index in [1.165, 1.54) is 0 Å². The van der Waals surface area contributed by atoms with Crippen molar-refractivity contribution in [2.75, 3.05) is 18.9 Å². The molecule has 4 heteroatoms. The van der Waals surface area contributed by atoms with Crippen LogP contribution >= 0.6 is 7.80 Å². The predicted octanol–water partition coefficient (Wildman–Crippen LogP) is 0.823. The van der Waals surface area contributed by atoms with Crippen molar-refractivity contribution in [1.29, 1.82) is 0 Å². The van der Waals surface area contributed by atoms with Crippen LogP contribution in [0.5, 0.6) is 0 Å². The van der Waals surface area contributed by atoms with Gasteiger partial charge in [0.1, 0.15) is 12.3 Å². The number of aliphatic hydroxyl groups is 2. The minimum Gasteiger partial charge on any atom is -0.394 e. The topological polar surface area (TPSA) is 57.5 Å². The highest BCUT2D eigenvalue weighted by atomic mass is 31.1. The highest BCUT2D eigenvalue weighted by Gasteiger charge is 2.21. The summed E-state index contributed by atoms with van der Waals surface area (Å²) in [5.74, 6) is 0.393. The van der Waals surface area contributed by atoms with Gasteiger partial charge in [0.05, 0.1) is 6.61 Å². The Kier molecular flexibility index (Phi) is 5.65. The first-order valence-electron chi connectivity index (χ1n) is 3.77. The zero-order valence-corrected chi connectivity index (χ0v) is 7.92. The lowest BCUT2D eigenvalue weighted by atomic mass is 10.3. The molecule has 0 aliphatic heterocycles. The second-order valence-corrected chi connectivity index (χ2v) is 4.77.